The molecule has 1 unspecified atom stereocenters. The quantitative estimate of drug-likeness (QED) is 0.267. The summed E-state index contributed by atoms with van der Waals surface area (Å²) >= 11 is 0. The fraction of sp³-hybridized carbons (Fsp3) is 0.889. The molecule has 2 nitrogen and oxygen atoms in total. The molecule has 1 atom stereocenters. The van der Waals surface area contributed by atoms with Crippen molar-refractivity contribution < 1.29 is 9.53 Å². The standard InChI is InChI=1S/C27H50O2/c1-3-4-5-6-7-14-17-20-23-27(28)29-26-22-19-16-13-11-9-8-10-12-15-18-21-25(2)24-26/h24-25H,3-23H2,1-2H3. The van der Waals surface area contributed by atoms with Crippen molar-refractivity contribution >= 4 is 5.97 Å². The van der Waals surface area contributed by atoms with Crippen molar-refractivity contribution in [2.45, 2.75) is 149 Å². The van der Waals surface area contributed by atoms with Gasteiger partial charge in [-0.3, -0.25) is 4.79 Å². The molecule has 29 heavy (non-hydrogen) atoms. The summed E-state index contributed by atoms with van der Waals surface area (Å²) in [6, 6.07) is 0. The second-order valence-electron chi connectivity index (χ2n) is 9.38. The molecule has 0 aliphatic heterocycles. The predicted molar refractivity (Wildman–Crippen MR) is 126 cm³/mol. The predicted octanol–water partition coefficient (Wildman–Crippen LogP) is 9.28. The molecular weight excluding hydrogens is 356 g/mol. The van der Waals surface area contributed by atoms with E-state index >= 15 is 0 Å². The fourth-order valence-corrected chi connectivity index (χ4v) is 4.35. The summed E-state index contributed by atoms with van der Waals surface area (Å²) in [4.78, 5) is 12.3. The lowest BCUT2D eigenvalue weighted by Crippen LogP contribution is -2.06. The molecule has 0 aromatic carbocycles. The van der Waals surface area contributed by atoms with Crippen LogP contribution in [0.25, 0.3) is 0 Å². The molecule has 1 rings (SSSR count). The van der Waals surface area contributed by atoms with Gasteiger partial charge < -0.3 is 4.74 Å². The van der Waals surface area contributed by atoms with Crippen LogP contribution in [0.4, 0.5) is 0 Å². The average molecular weight is 407 g/mol. The first-order valence-corrected chi connectivity index (χ1v) is 13.1. The Bertz CT molecular complexity index is 413. The van der Waals surface area contributed by atoms with E-state index in [0.717, 1.165) is 31.4 Å². The van der Waals surface area contributed by atoms with Gasteiger partial charge in [0.15, 0.2) is 0 Å². The summed E-state index contributed by atoms with van der Waals surface area (Å²) < 4.78 is 5.83. The number of allylic oxidation sites excluding steroid dienone is 2. The third kappa shape index (κ3) is 16.7. The Labute approximate surface area is 182 Å². The molecule has 0 fully saturated rings. The molecule has 0 aromatic rings. The van der Waals surface area contributed by atoms with Crippen LogP contribution in [0.15, 0.2) is 11.8 Å². The van der Waals surface area contributed by atoms with Crippen LogP contribution in [0.2, 0.25) is 0 Å². The van der Waals surface area contributed by atoms with Crippen molar-refractivity contribution in [1.82, 2.24) is 0 Å². The van der Waals surface area contributed by atoms with E-state index in [1.807, 2.05) is 0 Å². The first kappa shape index (κ1) is 26.2. The van der Waals surface area contributed by atoms with E-state index in [4.69, 9.17) is 4.74 Å². The molecule has 0 bridgehead atoms. The van der Waals surface area contributed by atoms with Crippen LogP contribution >= 0.6 is 0 Å². The van der Waals surface area contributed by atoms with Gasteiger partial charge >= 0.3 is 5.97 Å². The van der Waals surface area contributed by atoms with Gasteiger partial charge in [0, 0.05) is 12.8 Å². The van der Waals surface area contributed by atoms with E-state index in [2.05, 4.69) is 19.9 Å². The van der Waals surface area contributed by atoms with Crippen LogP contribution in [0.3, 0.4) is 0 Å². The number of esters is 1. The zero-order valence-corrected chi connectivity index (χ0v) is 19.8. The zero-order valence-electron chi connectivity index (χ0n) is 19.8. The van der Waals surface area contributed by atoms with Crippen LogP contribution in [-0.4, -0.2) is 5.97 Å². The molecule has 170 valence electrons. The van der Waals surface area contributed by atoms with E-state index < -0.39 is 0 Å². The second kappa shape index (κ2) is 19.2. The third-order valence-electron chi connectivity index (χ3n) is 6.28. The maximum Gasteiger partial charge on any atom is 0.310 e. The molecule has 0 spiro atoms. The van der Waals surface area contributed by atoms with Crippen LogP contribution in [-0.2, 0) is 9.53 Å². The van der Waals surface area contributed by atoms with Gasteiger partial charge in [-0.05, 0) is 31.3 Å². The number of carbonyl (C=O) groups is 1. The summed E-state index contributed by atoms with van der Waals surface area (Å²) in [7, 11) is 0. The minimum atomic E-state index is -0.00708. The SMILES string of the molecule is CCCCCCCCCCC(=O)OC1=CC(C)CCCCCCCCCCCC1. The second-order valence-corrected chi connectivity index (χ2v) is 9.38. The van der Waals surface area contributed by atoms with Gasteiger partial charge in [-0.15, -0.1) is 0 Å². The molecular formula is C27H50O2. The number of ether oxygens (including phenoxy) is 1. The molecule has 0 radical (unpaired) electrons. The van der Waals surface area contributed by atoms with Crippen LogP contribution < -0.4 is 0 Å². The van der Waals surface area contributed by atoms with E-state index in [1.165, 1.54) is 103 Å². The van der Waals surface area contributed by atoms with Crippen molar-refractivity contribution in [2.24, 2.45) is 5.92 Å². The fourth-order valence-electron chi connectivity index (χ4n) is 4.35. The molecule has 2 heteroatoms. The lowest BCUT2D eigenvalue weighted by atomic mass is 10.0. The largest absolute Gasteiger partial charge is 0.431 e. The van der Waals surface area contributed by atoms with E-state index in [1.54, 1.807) is 0 Å². The lowest BCUT2D eigenvalue weighted by molar-refractivity contribution is -0.139. The van der Waals surface area contributed by atoms with E-state index in [-0.39, 0.29) is 5.97 Å². The lowest BCUT2D eigenvalue weighted by Gasteiger charge is -2.13. The monoisotopic (exact) mass is 406 g/mol. The van der Waals surface area contributed by atoms with Gasteiger partial charge in [0.25, 0.3) is 0 Å². The molecule has 1 aliphatic carbocycles. The molecule has 0 amide bonds. The minimum absolute atomic E-state index is 0.00708. The normalized spacial score (nSPS) is 20.3. The van der Waals surface area contributed by atoms with Crippen molar-refractivity contribution in [1.29, 1.82) is 0 Å². The summed E-state index contributed by atoms with van der Waals surface area (Å²) in [5.41, 5.74) is 0. The van der Waals surface area contributed by atoms with Gasteiger partial charge in [-0.2, -0.15) is 0 Å². The van der Waals surface area contributed by atoms with Crippen LogP contribution in [0, 0.1) is 5.92 Å². The molecule has 0 N–H and O–H groups in total. The van der Waals surface area contributed by atoms with E-state index in [0.29, 0.717) is 12.3 Å². The van der Waals surface area contributed by atoms with Gasteiger partial charge in [0.2, 0.25) is 0 Å². The maximum atomic E-state index is 12.3. The minimum Gasteiger partial charge on any atom is -0.431 e. The van der Waals surface area contributed by atoms with Gasteiger partial charge in [0.1, 0.15) is 5.76 Å². The number of hydrogen-bond acceptors (Lipinski definition) is 2. The summed E-state index contributed by atoms with van der Waals surface area (Å²) in [6.07, 6.45) is 28.5. The number of carbonyl (C=O) groups excluding carboxylic acids is 1. The Kier molecular flexibility index (Phi) is 17.4. The Morgan fingerprint density at radius 2 is 1.31 bits per heavy atom. The highest BCUT2D eigenvalue weighted by molar-refractivity contribution is 5.70. The van der Waals surface area contributed by atoms with Crippen molar-refractivity contribution in [3.63, 3.8) is 0 Å². The van der Waals surface area contributed by atoms with Gasteiger partial charge in [-0.25, -0.2) is 0 Å². The van der Waals surface area contributed by atoms with Crippen LogP contribution in [0.1, 0.15) is 149 Å². The van der Waals surface area contributed by atoms with E-state index in [9.17, 15) is 4.79 Å². The Balaban J connectivity index is 2.31. The summed E-state index contributed by atoms with van der Waals surface area (Å²) in [5, 5.41) is 0. The third-order valence-corrected chi connectivity index (χ3v) is 6.28. The zero-order chi connectivity index (χ0) is 21.0. The Morgan fingerprint density at radius 1 is 0.793 bits per heavy atom. The van der Waals surface area contributed by atoms with Gasteiger partial charge in [0.05, 0.1) is 0 Å². The number of rotatable bonds is 10. The molecule has 0 heterocycles. The average Bonchev–Trinajstić information content (AvgIpc) is 2.70. The summed E-state index contributed by atoms with van der Waals surface area (Å²) in [5.74, 6) is 1.47. The topological polar surface area (TPSA) is 26.3 Å². The molecule has 1 aliphatic rings. The first-order valence-electron chi connectivity index (χ1n) is 13.1. The smallest absolute Gasteiger partial charge is 0.310 e. The number of hydrogen-bond donors (Lipinski definition) is 0. The molecule has 0 aromatic heterocycles. The first-order chi connectivity index (χ1) is 14.2. The van der Waals surface area contributed by atoms with Crippen molar-refractivity contribution in [2.75, 3.05) is 0 Å². The molecule has 0 saturated carbocycles. The summed E-state index contributed by atoms with van der Waals surface area (Å²) in [6.45, 7) is 4.54. The highest BCUT2D eigenvalue weighted by Gasteiger charge is 2.10. The highest BCUT2D eigenvalue weighted by Crippen LogP contribution is 2.21. The Morgan fingerprint density at radius 3 is 1.93 bits per heavy atom. The van der Waals surface area contributed by atoms with Crippen LogP contribution in [0.5, 0.6) is 0 Å². The maximum absolute atomic E-state index is 12.3. The van der Waals surface area contributed by atoms with Gasteiger partial charge in [-0.1, -0.05) is 117 Å². The highest BCUT2D eigenvalue weighted by atomic mass is 16.5. The Hall–Kier alpha value is -0.790. The number of unbranched alkanes of at least 4 members (excludes halogenated alkanes) is 7. The molecule has 0 saturated heterocycles. The van der Waals surface area contributed by atoms with Crippen molar-refractivity contribution in [3.8, 4) is 0 Å². The van der Waals surface area contributed by atoms with Crippen molar-refractivity contribution in [3.05, 3.63) is 11.8 Å².